The fraction of sp³-hybridized carbons (Fsp3) is 0.529. The third-order valence-electron chi connectivity index (χ3n) is 4.92. The topological polar surface area (TPSA) is 58.4 Å². The lowest BCUT2D eigenvalue weighted by atomic mass is 9.99. The van der Waals surface area contributed by atoms with E-state index < -0.39 is 0 Å². The van der Waals surface area contributed by atoms with Crippen LogP contribution in [0.15, 0.2) is 21.9 Å². The number of amides is 1. The quantitative estimate of drug-likeness (QED) is 0.939. The molecule has 2 atom stereocenters. The molecule has 5 nitrogen and oxygen atoms in total. The molecule has 1 amide bonds. The van der Waals surface area contributed by atoms with Crippen molar-refractivity contribution in [1.29, 1.82) is 0 Å². The highest BCUT2D eigenvalue weighted by Crippen LogP contribution is 2.28. The third kappa shape index (κ3) is 2.81. The van der Waals surface area contributed by atoms with Gasteiger partial charge in [-0.05, 0) is 44.2 Å². The van der Waals surface area contributed by atoms with Crippen LogP contribution in [-0.4, -0.2) is 41.0 Å². The molecule has 0 unspecified atom stereocenters. The summed E-state index contributed by atoms with van der Waals surface area (Å²) in [6.45, 7) is 4.07. The number of piperidine rings is 1. The van der Waals surface area contributed by atoms with Crippen molar-refractivity contribution >= 4 is 17.2 Å². The molecule has 2 aromatic heterocycles. The lowest BCUT2D eigenvalue weighted by Crippen LogP contribution is -2.46. The van der Waals surface area contributed by atoms with Crippen molar-refractivity contribution in [3.8, 4) is 10.8 Å². The number of aromatic nitrogens is 1. The van der Waals surface area contributed by atoms with Crippen LogP contribution in [0.1, 0.15) is 41.9 Å². The Kier molecular flexibility index (Phi) is 3.95. The Labute approximate surface area is 139 Å². The van der Waals surface area contributed by atoms with Gasteiger partial charge >= 0.3 is 0 Å². The summed E-state index contributed by atoms with van der Waals surface area (Å²) >= 11 is 1.56. The molecule has 4 heterocycles. The molecule has 4 rings (SSSR count). The molecule has 23 heavy (non-hydrogen) atoms. The molecule has 122 valence electrons. The molecule has 2 aliphatic heterocycles. The van der Waals surface area contributed by atoms with Crippen LogP contribution >= 0.6 is 11.3 Å². The summed E-state index contributed by atoms with van der Waals surface area (Å²) in [5, 5.41) is 5.17. The Morgan fingerprint density at radius 3 is 3.13 bits per heavy atom. The number of fused-ring (bicyclic) bond motifs is 1. The summed E-state index contributed by atoms with van der Waals surface area (Å²) < 4.78 is 5.68. The van der Waals surface area contributed by atoms with Crippen molar-refractivity contribution in [1.82, 2.24) is 15.2 Å². The Balaban J connectivity index is 1.49. The molecule has 2 aliphatic rings. The molecule has 0 radical (unpaired) electrons. The van der Waals surface area contributed by atoms with E-state index in [4.69, 9.17) is 4.42 Å². The summed E-state index contributed by atoms with van der Waals surface area (Å²) in [5.41, 5.74) is 0.419. The first-order valence-corrected chi connectivity index (χ1v) is 9.16. The molecule has 0 bridgehead atoms. The fourth-order valence-corrected chi connectivity index (χ4v) is 4.41. The zero-order valence-electron chi connectivity index (χ0n) is 13.2. The molecule has 2 saturated heterocycles. The van der Waals surface area contributed by atoms with Crippen LogP contribution in [0.3, 0.4) is 0 Å². The molecule has 0 spiro atoms. The second kappa shape index (κ2) is 6.09. The van der Waals surface area contributed by atoms with Crippen LogP contribution in [0.4, 0.5) is 0 Å². The van der Waals surface area contributed by atoms with Crippen molar-refractivity contribution in [3.63, 3.8) is 0 Å². The van der Waals surface area contributed by atoms with E-state index in [1.54, 1.807) is 18.3 Å². The molecule has 1 N–H and O–H groups in total. The molecule has 0 aromatic carbocycles. The van der Waals surface area contributed by atoms with Crippen LogP contribution in [-0.2, 0) is 0 Å². The SMILES string of the molecule is Cc1oc(-c2cccs2)nc1C(=O)N[C@@H]1CCN2CCCC[C@@H]12. The van der Waals surface area contributed by atoms with Gasteiger partial charge in [-0.3, -0.25) is 9.69 Å². The predicted octanol–water partition coefficient (Wildman–Crippen LogP) is 3.07. The number of oxazole rings is 1. The summed E-state index contributed by atoms with van der Waals surface area (Å²) in [6.07, 6.45) is 4.76. The summed E-state index contributed by atoms with van der Waals surface area (Å²) in [4.78, 5) is 20.5. The summed E-state index contributed by atoms with van der Waals surface area (Å²) in [5.74, 6) is 1.02. The highest BCUT2D eigenvalue weighted by molar-refractivity contribution is 7.13. The monoisotopic (exact) mass is 331 g/mol. The smallest absolute Gasteiger partial charge is 0.273 e. The highest BCUT2D eigenvalue weighted by Gasteiger charge is 2.36. The molecule has 2 fully saturated rings. The molecule has 0 aliphatic carbocycles. The number of nitrogens with zero attached hydrogens (tertiary/aromatic N) is 2. The summed E-state index contributed by atoms with van der Waals surface area (Å²) in [6, 6.07) is 4.64. The number of hydrogen-bond donors (Lipinski definition) is 1. The van der Waals surface area contributed by atoms with Crippen LogP contribution < -0.4 is 5.32 Å². The van der Waals surface area contributed by atoms with E-state index in [-0.39, 0.29) is 11.9 Å². The van der Waals surface area contributed by atoms with E-state index in [1.165, 1.54) is 25.8 Å². The van der Waals surface area contributed by atoms with E-state index in [9.17, 15) is 4.79 Å². The van der Waals surface area contributed by atoms with Crippen molar-refractivity contribution in [3.05, 3.63) is 29.0 Å². The minimum absolute atomic E-state index is 0.105. The van der Waals surface area contributed by atoms with Crippen molar-refractivity contribution in [2.75, 3.05) is 13.1 Å². The maximum absolute atomic E-state index is 12.6. The van der Waals surface area contributed by atoms with Crippen LogP contribution in [0.25, 0.3) is 10.8 Å². The van der Waals surface area contributed by atoms with Crippen LogP contribution in [0.5, 0.6) is 0 Å². The maximum Gasteiger partial charge on any atom is 0.273 e. The van der Waals surface area contributed by atoms with Gasteiger partial charge in [0.05, 0.1) is 4.88 Å². The molecule has 6 heteroatoms. The molecular formula is C17H21N3O2S. The van der Waals surface area contributed by atoms with Gasteiger partial charge in [-0.25, -0.2) is 4.98 Å². The Morgan fingerprint density at radius 1 is 1.39 bits per heavy atom. The first-order valence-electron chi connectivity index (χ1n) is 8.28. The van der Waals surface area contributed by atoms with E-state index in [1.807, 2.05) is 17.5 Å². The second-order valence-electron chi connectivity index (χ2n) is 6.37. The van der Waals surface area contributed by atoms with Gasteiger partial charge in [-0.1, -0.05) is 12.5 Å². The molecule has 2 aromatic rings. The van der Waals surface area contributed by atoms with Crippen molar-refractivity contribution < 1.29 is 9.21 Å². The maximum atomic E-state index is 12.6. The largest absolute Gasteiger partial charge is 0.440 e. The van der Waals surface area contributed by atoms with Gasteiger partial charge in [0.1, 0.15) is 5.76 Å². The fourth-order valence-electron chi connectivity index (χ4n) is 3.77. The van der Waals surface area contributed by atoms with Gasteiger partial charge in [0.25, 0.3) is 5.91 Å². The van der Waals surface area contributed by atoms with E-state index >= 15 is 0 Å². The minimum Gasteiger partial charge on any atom is -0.440 e. The number of aryl methyl sites for hydroxylation is 1. The minimum atomic E-state index is -0.105. The molecular weight excluding hydrogens is 310 g/mol. The van der Waals surface area contributed by atoms with E-state index in [0.717, 1.165) is 17.8 Å². The Hall–Kier alpha value is -1.66. The number of nitrogens with one attached hydrogen (secondary N) is 1. The number of hydrogen-bond acceptors (Lipinski definition) is 5. The zero-order chi connectivity index (χ0) is 15.8. The highest BCUT2D eigenvalue weighted by atomic mass is 32.1. The van der Waals surface area contributed by atoms with E-state index in [2.05, 4.69) is 15.2 Å². The van der Waals surface area contributed by atoms with Crippen molar-refractivity contribution in [2.45, 2.75) is 44.7 Å². The standard InChI is InChI=1S/C17H21N3O2S/c1-11-15(19-17(22-11)14-6-4-10-23-14)16(21)18-12-7-9-20-8-3-2-5-13(12)20/h4,6,10,12-13H,2-3,5,7-9H2,1H3,(H,18,21)/t12-,13+/m1/s1. The van der Waals surface area contributed by atoms with Gasteiger partial charge in [0.15, 0.2) is 5.69 Å². The number of thiophene rings is 1. The number of carbonyl (C=O) groups excluding carboxylic acids is 1. The second-order valence-corrected chi connectivity index (χ2v) is 7.32. The van der Waals surface area contributed by atoms with Gasteiger partial charge in [0, 0.05) is 18.6 Å². The Morgan fingerprint density at radius 2 is 2.30 bits per heavy atom. The number of carbonyl (C=O) groups is 1. The first kappa shape index (κ1) is 14.9. The lowest BCUT2D eigenvalue weighted by molar-refractivity contribution is 0.0909. The first-order chi connectivity index (χ1) is 11.2. The predicted molar refractivity (Wildman–Crippen MR) is 89.6 cm³/mol. The number of rotatable bonds is 3. The lowest BCUT2D eigenvalue weighted by Gasteiger charge is -2.32. The summed E-state index contributed by atoms with van der Waals surface area (Å²) in [7, 11) is 0. The van der Waals surface area contributed by atoms with Crippen molar-refractivity contribution in [2.24, 2.45) is 0 Å². The average molecular weight is 331 g/mol. The van der Waals surface area contributed by atoms with Gasteiger partial charge in [0.2, 0.25) is 5.89 Å². The Bertz CT molecular complexity index is 695. The van der Waals surface area contributed by atoms with E-state index in [0.29, 0.717) is 23.4 Å². The van der Waals surface area contributed by atoms with Crippen LogP contribution in [0, 0.1) is 6.92 Å². The van der Waals surface area contributed by atoms with Gasteiger partial charge in [-0.2, -0.15) is 0 Å². The molecule has 0 saturated carbocycles. The third-order valence-corrected chi connectivity index (χ3v) is 5.77. The zero-order valence-corrected chi connectivity index (χ0v) is 14.1. The van der Waals surface area contributed by atoms with Crippen LogP contribution in [0.2, 0.25) is 0 Å². The van der Waals surface area contributed by atoms with Gasteiger partial charge in [-0.15, -0.1) is 11.3 Å². The normalized spacial score (nSPS) is 24.6. The van der Waals surface area contributed by atoms with Gasteiger partial charge < -0.3 is 9.73 Å². The average Bonchev–Trinajstić information content (AvgIpc) is 3.27.